The Morgan fingerprint density at radius 3 is 2.50 bits per heavy atom. The van der Waals surface area contributed by atoms with E-state index >= 15 is 0 Å². The second-order valence-electron chi connectivity index (χ2n) is 6.86. The zero-order valence-corrected chi connectivity index (χ0v) is 18.3. The first kappa shape index (κ1) is 21.8. The van der Waals surface area contributed by atoms with E-state index in [1.54, 1.807) is 47.4 Å². The molecule has 0 radical (unpaired) electrons. The number of nitrogens with zero attached hydrogens (tertiary/aromatic N) is 1. The lowest BCUT2D eigenvalue weighted by Crippen LogP contribution is -2.29. The van der Waals surface area contributed by atoms with E-state index in [2.05, 4.69) is 0 Å². The number of benzene rings is 2. The zero-order chi connectivity index (χ0) is 22.6. The minimum atomic E-state index is -4.13. The molecule has 9 heteroatoms. The van der Waals surface area contributed by atoms with E-state index in [4.69, 9.17) is 8.60 Å². The maximum atomic E-state index is 13.1. The van der Waals surface area contributed by atoms with Gasteiger partial charge in [-0.3, -0.25) is 4.79 Å². The molecule has 4 rings (SSSR count). The number of hydrogen-bond acceptors (Lipinski definition) is 6. The van der Waals surface area contributed by atoms with Crippen LogP contribution in [0.15, 0.2) is 93.8 Å². The maximum Gasteiger partial charge on any atom is 0.339 e. The van der Waals surface area contributed by atoms with Crippen molar-refractivity contribution in [2.75, 3.05) is 0 Å². The summed E-state index contributed by atoms with van der Waals surface area (Å²) in [5.74, 6) is 0.00852. The predicted octanol–water partition coefficient (Wildman–Crippen LogP) is 5.09. The highest BCUT2D eigenvalue weighted by Gasteiger charge is 2.20. The van der Waals surface area contributed by atoms with Crippen molar-refractivity contribution in [3.8, 4) is 5.75 Å². The van der Waals surface area contributed by atoms with Gasteiger partial charge in [0.05, 0.1) is 17.7 Å². The number of carbonyl (C=O) groups is 1. The molecule has 0 atom stereocenters. The first-order valence-electron chi connectivity index (χ1n) is 9.55. The molecule has 0 bridgehead atoms. The summed E-state index contributed by atoms with van der Waals surface area (Å²) in [4.78, 5) is 15.0. The van der Waals surface area contributed by atoms with Crippen molar-refractivity contribution < 1.29 is 26.2 Å². The fraction of sp³-hybridized carbons (Fsp3) is 0.0870. The van der Waals surface area contributed by atoms with Crippen LogP contribution in [0.2, 0.25) is 0 Å². The Hall–Kier alpha value is -3.43. The number of hydrogen-bond donors (Lipinski definition) is 0. The van der Waals surface area contributed by atoms with Crippen LogP contribution < -0.4 is 4.18 Å². The highest BCUT2D eigenvalue weighted by Crippen LogP contribution is 2.23. The Labute approximate surface area is 188 Å². The molecule has 0 unspecified atom stereocenters. The molecule has 1 amide bonds. The van der Waals surface area contributed by atoms with Crippen molar-refractivity contribution in [3.05, 3.63) is 106 Å². The van der Waals surface area contributed by atoms with E-state index in [-0.39, 0.29) is 29.6 Å². The van der Waals surface area contributed by atoms with Crippen LogP contribution in [0.1, 0.15) is 21.0 Å². The normalized spacial score (nSPS) is 11.3. The molecule has 0 aliphatic carbocycles. The van der Waals surface area contributed by atoms with Gasteiger partial charge in [-0.15, -0.1) is 11.3 Å². The molecule has 0 saturated carbocycles. The van der Waals surface area contributed by atoms with Gasteiger partial charge in [0.25, 0.3) is 5.91 Å². The van der Waals surface area contributed by atoms with Crippen molar-refractivity contribution in [1.82, 2.24) is 4.90 Å². The second kappa shape index (κ2) is 9.37. The van der Waals surface area contributed by atoms with E-state index in [0.29, 0.717) is 16.2 Å². The molecule has 0 fully saturated rings. The Bertz CT molecular complexity index is 1280. The largest absolute Gasteiger partial charge is 0.467 e. The summed E-state index contributed by atoms with van der Waals surface area (Å²) in [6.45, 7) is 0.466. The molecule has 0 aliphatic rings. The second-order valence-corrected chi connectivity index (χ2v) is 9.35. The van der Waals surface area contributed by atoms with Gasteiger partial charge in [0, 0.05) is 6.54 Å². The lowest BCUT2D eigenvalue weighted by atomic mass is 10.2. The Morgan fingerprint density at radius 1 is 1.00 bits per heavy atom. The number of thiophene rings is 1. The fourth-order valence-electron chi connectivity index (χ4n) is 3.04. The standard InChI is InChI=1S/C23H18FNO5S2/c24-18-8-10-21(11-9-18)32(27,28)30-19-5-1-4-17(14-19)15-25(16-20-6-2-12-29-20)23(26)22-7-3-13-31-22/h1-14H,15-16H2. The van der Waals surface area contributed by atoms with Crippen molar-refractivity contribution in [2.45, 2.75) is 18.0 Å². The van der Waals surface area contributed by atoms with E-state index in [0.717, 1.165) is 24.3 Å². The van der Waals surface area contributed by atoms with E-state index in [9.17, 15) is 17.6 Å². The van der Waals surface area contributed by atoms with Gasteiger partial charge in [-0.1, -0.05) is 18.2 Å². The minimum absolute atomic E-state index is 0.0911. The molecule has 2 aromatic carbocycles. The van der Waals surface area contributed by atoms with Crippen LogP contribution in [0.25, 0.3) is 0 Å². The smallest absolute Gasteiger partial charge is 0.339 e. The van der Waals surface area contributed by atoms with Gasteiger partial charge < -0.3 is 13.5 Å². The van der Waals surface area contributed by atoms with Crippen LogP contribution in [-0.2, 0) is 23.2 Å². The van der Waals surface area contributed by atoms with Crippen LogP contribution in [0, 0.1) is 5.82 Å². The molecule has 32 heavy (non-hydrogen) atoms. The summed E-state index contributed by atoms with van der Waals surface area (Å²) < 4.78 is 48.7. The van der Waals surface area contributed by atoms with Gasteiger partial charge in [0.15, 0.2) is 0 Å². The first-order chi connectivity index (χ1) is 15.4. The molecule has 0 N–H and O–H groups in total. The van der Waals surface area contributed by atoms with Gasteiger partial charge in [0.2, 0.25) is 0 Å². The number of carbonyl (C=O) groups excluding carboxylic acids is 1. The summed E-state index contributed by atoms with van der Waals surface area (Å²) in [6.07, 6.45) is 1.54. The first-order valence-corrected chi connectivity index (χ1v) is 11.8. The monoisotopic (exact) mass is 471 g/mol. The summed E-state index contributed by atoms with van der Waals surface area (Å²) in [7, 11) is -4.13. The van der Waals surface area contributed by atoms with Crippen LogP contribution in [0.4, 0.5) is 4.39 Å². The Morgan fingerprint density at radius 2 is 1.81 bits per heavy atom. The third kappa shape index (κ3) is 5.24. The molecule has 0 aliphatic heterocycles. The summed E-state index contributed by atoms with van der Waals surface area (Å²) in [5, 5.41) is 1.83. The molecule has 6 nitrogen and oxygen atoms in total. The number of halogens is 1. The van der Waals surface area contributed by atoms with E-state index < -0.39 is 15.9 Å². The lowest BCUT2D eigenvalue weighted by Gasteiger charge is -2.21. The highest BCUT2D eigenvalue weighted by atomic mass is 32.2. The van der Waals surface area contributed by atoms with E-state index in [1.807, 2.05) is 5.38 Å². The average Bonchev–Trinajstić information content (AvgIpc) is 3.47. The molecular weight excluding hydrogens is 453 g/mol. The topological polar surface area (TPSA) is 76.8 Å². The van der Waals surface area contributed by atoms with Crippen LogP contribution in [0.3, 0.4) is 0 Å². The third-order valence-electron chi connectivity index (χ3n) is 4.53. The van der Waals surface area contributed by atoms with Crippen LogP contribution in [0.5, 0.6) is 5.75 Å². The number of furan rings is 1. The molecule has 0 spiro atoms. The van der Waals surface area contributed by atoms with Crippen molar-refractivity contribution >= 4 is 27.4 Å². The maximum absolute atomic E-state index is 13.1. The SMILES string of the molecule is O=C(c1cccs1)N(Cc1cccc(OS(=O)(=O)c2ccc(F)cc2)c1)Cc1ccco1. The summed E-state index contributed by atoms with van der Waals surface area (Å²) in [6, 6.07) is 17.9. The van der Waals surface area contributed by atoms with Crippen LogP contribution >= 0.6 is 11.3 Å². The minimum Gasteiger partial charge on any atom is -0.467 e. The molecular formula is C23H18FNO5S2. The Balaban J connectivity index is 1.55. The molecule has 164 valence electrons. The quantitative estimate of drug-likeness (QED) is 0.335. The third-order valence-corrected chi connectivity index (χ3v) is 6.65. The van der Waals surface area contributed by atoms with Gasteiger partial charge >= 0.3 is 10.1 Å². The van der Waals surface area contributed by atoms with E-state index in [1.165, 1.54) is 23.7 Å². The van der Waals surface area contributed by atoms with Crippen molar-refractivity contribution in [2.24, 2.45) is 0 Å². The highest BCUT2D eigenvalue weighted by molar-refractivity contribution is 7.87. The average molecular weight is 472 g/mol. The summed E-state index contributed by atoms with van der Waals surface area (Å²) >= 11 is 1.34. The van der Waals surface area contributed by atoms with Gasteiger partial charge in [-0.25, -0.2) is 4.39 Å². The predicted molar refractivity (Wildman–Crippen MR) is 117 cm³/mol. The fourth-order valence-corrected chi connectivity index (χ4v) is 4.65. The number of amides is 1. The van der Waals surface area contributed by atoms with Gasteiger partial charge in [-0.05, 0) is 65.5 Å². The lowest BCUT2D eigenvalue weighted by molar-refractivity contribution is 0.0722. The molecule has 2 aromatic heterocycles. The van der Waals surface area contributed by atoms with Gasteiger partial charge in [0.1, 0.15) is 22.2 Å². The van der Waals surface area contributed by atoms with Crippen LogP contribution in [-0.4, -0.2) is 19.2 Å². The Kier molecular flexibility index (Phi) is 6.38. The molecule has 0 saturated heterocycles. The molecule has 4 aromatic rings. The summed E-state index contributed by atoms with van der Waals surface area (Å²) in [5.41, 5.74) is 0.674. The van der Waals surface area contributed by atoms with Crippen molar-refractivity contribution in [1.29, 1.82) is 0 Å². The van der Waals surface area contributed by atoms with Crippen molar-refractivity contribution in [3.63, 3.8) is 0 Å². The molecule has 2 heterocycles. The zero-order valence-electron chi connectivity index (χ0n) is 16.7. The van der Waals surface area contributed by atoms with Gasteiger partial charge in [-0.2, -0.15) is 8.42 Å². The number of rotatable bonds is 8.